The number of carboxylic acid groups (broad SMARTS) is 1. The molecule has 0 spiro atoms. The second-order valence-electron chi connectivity index (χ2n) is 8.78. The van der Waals surface area contributed by atoms with Crippen molar-refractivity contribution in [1.29, 1.82) is 0 Å². The van der Waals surface area contributed by atoms with Gasteiger partial charge in [0, 0.05) is 24.7 Å². The van der Waals surface area contributed by atoms with Crippen LogP contribution in [-0.2, 0) is 9.59 Å². The van der Waals surface area contributed by atoms with Crippen molar-refractivity contribution in [2.75, 3.05) is 24.5 Å². The van der Waals surface area contributed by atoms with E-state index in [1.165, 1.54) is 0 Å². The Morgan fingerprint density at radius 3 is 2.48 bits per heavy atom. The van der Waals surface area contributed by atoms with E-state index < -0.39 is 29.6 Å². The number of aliphatic carboxylic acids is 1. The van der Waals surface area contributed by atoms with Gasteiger partial charge in [0.05, 0.1) is 29.3 Å². The van der Waals surface area contributed by atoms with Crippen molar-refractivity contribution in [2.24, 2.45) is 17.6 Å². The maximum atomic E-state index is 12.8. The average molecular weight is 426 g/mol. The van der Waals surface area contributed by atoms with E-state index in [0.717, 1.165) is 0 Å². The average Bonchev–Trinajstić information content (AvgIpc) is 2.62. The molecule has 0 radical (unpaired) electrons. The van der Waals surface area contributed by atoms with Crippen LogP contribution in [0.2, 0.25) is 5.02 Å². The summed E-state index contributed by atoms with van der Waals surface area (Å²) in [6.07, 6.45) is -0.881. The molecule has 29 heavy (non-hydrogen) atoms. The molecule has 7 nitrogen and oxygen atoms in total. The molecule has 1 fully saturated rings. The molecule has 0 aliphatic carbocycles. The van der Waals surface area contributed by atoms with Crippen molar-refractivity contribution in [2.45, 2.75) is 51.8 Å². The van der Waals surface area contributed by atoms with Gasteiger partial charge in [0.25, 0.3) is 0 Å². The summed E-state index contributed by atoms with van der Waals surface area (Å²) in [5.74, 6) is -1.80. The zero-order chi connectivity index (χ0) is 21.9. The maximum Gasteiger partial charge on any atom is 0.306 e. The predicted octanol–water partition coefficient (Wildman–Crippen LogP) is 2.20. The predicted molar refractivity (Wildman–Crippen MR) is 114 cm³/mol. The molecule has 4 N–H and O–H groups in total. The maximum absolute atomic E-state index is 12.8. The van der Waals surface area contributed by atoms with Crippen LogP contribution in [0.25, 0.3) is 0 Å². The van der Waals surface area contributed by atoms with Gasteiger partial charge in [-0.15, -0.1) is 0 Å². The van der Waals surface area contributed by atoms with E-state index >= 15 is 0 Å². The number of hydrogen-bond acceptors (Lipinski definition) is 5. The molecule has 0 unspecified atom stereocenters. The Morgan fingerprint density at radius 2 is 1.93 bits per heavy atom. The summed E-state index contributed by atoms with van der Waals surface area (Å²) in [5, 5.41) is 20.4. The molecule has 162 valence electrons. The Bertz CT molecular complexity index is 740. The minimum Gasteiger partial charge on any atom is -0.481 e. The molecular weight excluding hydrogens is 394 g/mol. The molecule has 1 amide bonds. The van der Waals surface area contributed by atoms with Gasteiger partial charge in [-0.2, -0.15) is 0 Å². The van der Waals surface area contributed by atoms with E-state index in [1.54, 1.807) is 11.0 Å². The van der Waals surface area contributed by atoms with Crippen LogP contribution < -0.4 is 10.6 Å². The number of nitrogens with zero attached hydrogens (tertiary/aromatic N) is 2. The number of halogens is 1. The normalized spacial score (nSPS) is 20.6. The van der Waals surface area contributed by atoms with Gasteiger partial charge in [-0.1, -0.05) is 37.6 Å². The number of carbonyl (C=O) groups is 2. The van der Waals surface area contributed by atoms with E-state index in [0.29, 0.717) is 23.8 Å². The van der Waals surface area contributed by atoms with E-state index in [-0.39, 0.29) is 24.8 Å². The van der Waals surface area contributed by atoms with E-state index in [9.17, 15) is 19.8 Å². The van der Waals surface area contributed by atoms with Crippen LogP contribution in [0.15, 0.2) is 24.3 Å². The molecule has 1 saturated heterocycles. The summed E-state index contributed by atoms with van der Waals surface area (Å²) >= 11 is 6.27. The highest BCUT2D eigenvalue weighted by Gasteiger charge is 2.40. The molecule has 3 atom stereocenters. The van der Waals surface area contributed by atoms with Gasteiger partial charge in [0.1, 0.15) is 0 Å². The minimum absolute atomic E-state index is 0.0854. The fourth-order valence-corrected chi connectivity index (χ4v) is 3.95. The largest absolute Gasteiger partial charge is 0.481 e. The monoisotopic (exact) mass is 425 g/mol. The molecule has 1 aliphatic rings. The molecule has 1 heterocycles. The van der Waals surface area contributed by atoms with Gasteiger partial charge < -0.3 is 20.8 Å². The van der Waals surface area contributed by atoms with Crippen LogP contribution in [-0.4, -0.2) is 64.3 Å². The minimum atomic E-state index is -0.967. The number of aliphatic hydroxyl groups is 1. The van der Waals surface area contributed by atoms with Crippen molar-refractivity contribution < 1.29 is 19.8 Å². The Balaban J connectivity index is 2.07. The molecule has 2 rings (SSSR count). The zero-order valence-corrected chi connectivity index (χ0v) is 18.3. The highest BCUT2D eigenvalue weighted by Crippen LogP contribution is 2.31. The molecule has 1 aromatic carbocycles. The van der Waals surface area contributed by atoms with Crippen molar-refractivity contribution >= 4 is 29.2 Å². The van der Waals surface area contributed by atoms with Crippen molar-refractivity contribution in [3.05, 3.63) is 29.3 Å². The van der Waals surface area contributed by atoms with Crippen molar-refractivity contribution in [3.63, 3.8) is 0 Å². The lowest BCUT2D eigenvalue weighted by atomic mass is 9.87. The molecule has 0 saturated carbocycles. The second kappa shape index (κ2) is 9.43. The van der Waals surface area contributed by atoms with Gasteiger partial charge in [-0.3, -0.25) is 14.5 Å². The number of piperazine rings is 1. The quantitative estimate of drug-likeness (QED) is 0.589. The fraction of sp³-hybridized carbons (Fsp3) is 0.619. The molecular formula is C21H32ClN3O4. The molecule has 8 heteroatoms. The second-order valence-corrected chi connectivity index (χ2v) is 9.19. The first-order chi connectivity index (χ1) is 13.4. The van der Waals surface area contributed by atoms with E-state index in [4.69, 9.17) is 17.3 Å². The number of hydrogen-bond donors (Lipinski definition) is 3. The summed E-state index contributed by atoms with van der Waals surface area (Å²) in [6.45, 7) is 8.51. The van der Waals surface area contributed by atoms with Crippen LogP contribution in [0.4, 0.5) is 5.69 Å². The molecule has 0 bridgehead atoms. The Morgan fingerprint density at radius 1 is 1.31 bits per heavy atom. The first kappa shape index (κ1) is 23.6. The van der Waals surface area contributed by atoms with Gasteiger partial charge in [-0.05, 0) is 38.3 Å². The lowest BCUT2D eigenvalue weighted by Gasteiger charge is -2.47. The van der Waals surface area contributed by atoms with Crippen LogP contribution >= 0.6 is 11.6 Å². The van der Waals surface area contributed by atoms with Gasteiger partial charge in [-0.25, -0.2) is 0 Å². The third-order valence-corrected chi connectivity index (χ3v) is 6.03. The Labute approximate surface area is 177 Å². The third kappa shape index (κ3) is 5.69. The van der Waals surface area contributed by atoms with Gasteiger partial charge >= 0.3 is 5.97 Å². The molecule has 0 aromatic heterocycles. The summed E-state index contributed by atoms with van der Waals surface area (Å²) in [5.41, 5.74) is 6.49. The number of nitrogens with two attached hydrogens (primary N) is 1. The van der Waals surface area contributed by atoms with Crippen LogP contribution in [0.3, 0.4) is 0 Å². The third-order valence-electron chi connectivity index (χ3n) is 5.71. The van der Waals surface area contributed by atoms with Crippen LogP contribution in [0.5, 0.6) is 0 Å². The standard InChI is InChI=1S/C21H32ClN3O4/c1-13(2)14(20(28)29)9-18(26)16(23)10-24-11-19(27)25(12-21(24,3)4)17-8-6-5-7-15(17)22/h5-8,13-14,16,18,26H,9-12,23H2,1-4H3,(H,28,29)/t14-,16-,18-/m0/s1. The number of rotatable bonds is 8. The Hall–Kier alpha value is -1.67. The highest BCUT2D eigenvalue weighted by atomic mass is 35.5. The molecule has 1 aromatic rings. The lowest BCUT2D eigenvalue weighted by molar-refractivity contribution is -0.144. The smallest absolute Gasteiger partial charge is 0.306 e. The first-order valence-corrected chi connectivity index (χ1v) is 10.3. The zero-order valence-electron chi connectivity index (χ0n) is 17.5. The molecule has 1 aliphatic heterocycles. The van der Waals surface area contributed by atoms with Crippen molar-refractivity contribution in [1.82, 2.24) is 4.90 Å². The number of carbonyl (C=O) groups excluding carboxylic acids is 1. The highest BCUT2D eigenvalue weighted by molar-refractivity contribution is 6.33. The lowest BCUT2D eigenvalue weighted by Crippen LogP contribution is -2.64. The fourth-order valence-electron chi connectivity index (χ4n) is 3.71. The number of benzene rings is 1. The van der Waals surface area contributed by atoms with E-state index in [1.807, 2.05) is 50.8 Å². The number of para-hydroxylation sites is 1. The van der Waals surface area contributed by atoms with Crippen molar-refractivity contribution in [3.8, 4) is 0 Å². The summed E-state index contributed by atoms with van der Waals surface area (Å²) < 4.78 is 0. The number of anilines is 1. The number of amides is 1. The number of aliphatic hydroxyl groups excluding tert-OH is 1. The number of carboxylic acids is 1. The first-order valence-electron chi connectivity index (χ1n) is 9.90. The Kier molecular flexibility index (Phi) is 7.67. The van der Waals surface area contributed by atoms with Gasteiger partial charge in [0.2, 0.25) is 5.91 Å². The van der Waals surface area contributed by atoms with Gasteiger partial charge in [0.15, 0.2) is 0 Å². The van der Waals surface area contributed by atoms with Crippen LogP contribution in [0, 0.1) is 11.8 Å². The summed E-state index contributed by atoms with van der Waals surface area (Å²) in [7, 11) is 0. The van der Waals surface area contributed by atoms with Crippen LogP contribution in [0.1, 0.15) is 34.1 Å². The summed E-state index contributed by atoms with van der Waals surface area (Å²) in [4.78, 5) is 27.8. The summed E-state index contributed by atoms with van der Waals surface area (Å²) in [6, 6.07) is 6.57. The SMILES string of the molecule is CC(C)[C@H](C[C@H](O)[C@@H](N)CN1CC(=O)N(c2ccccc2Cl)CC1(C)C)C(=O)O. The topological polar surface area (TPSA) is 107 Å². The van der Waals surface area contributed by atoms with E-state index in [2.05, 4.69) is 0 Å².